The third-order valence-electron chi connectivity index (χ3n) is 2.87. The van der Waals surface area contributed by atoms with E-state index in [9.17, 15) is 0 Å². The second-order valence-corrected chi connectivity index (χ2v) is 3.91. The van der Waals surface area contributed by atoms with Gasteiger partial charge in [0.2, 0.25) is 0 Å². The minimum atomic E-state index is 0. The van der Waals surface area contributed by atoms with Gasteiger partial charge in [-0.25, -0.2) is 0 Å². The minimum absolute atomic E-state index is 0. The van der Waals surface area contributed by atoms with Crippen LogP contribution in [-0.2, 0) is 0 Å². The predicted octanol–water partition coefficient (Wildman–Crippen LogP) is 4.05. The molecule has 1 radical (unpaired) electrons. The van der Waals surface area contributed by atoms with E-state index >= 15 is 0 Å². The molecule has 0 fully saturated rings. The van der Waals surface area contributed by atoms with Crippen LogP contribution in [0.2, 0.25) is 0 Å². The van der Waals surface area contributed by atoms with E-state index in [1.54, 1.807) is 0 Å². The molecule has 14 heavy (non-hydrogen) atoms. The molecule has 3 rings (SSSR count). The van der Waals surface area contributed by atoms with Crippen LogP contribution >= 0.6 is 0 Å². The summed E-state index contributed by atoms with van der Waals surface area (Å²) in [6.07, 6.45) is 3.48. The maximum Gasteiger partial charge on any atom is 0 e. The van der Waals surface area contributed by atoms with Gasteiger partial charge in [-0.3, -0.25) is 0 Å². The monoisotopic (exact) mass is 181 g/mol. The molecule has 0 saturated carbocycles. The van der Waals surface area contributed by atoms with E-state index in [1.807, 2.05) is 0 Å². The molecule has 0 heterocycles. The van der Waals surface area contributed by atoms with Gasteiger partial charge in [0.05, 0.1) is 0 Å². The molecule has 2 aromatic rings. The van der Waals surface area contributed by atoms with Gasteiger partial charge in [-0.1, -0.05) is 42.5 Å². The quantitative estimate of drug-likeness (QED) is 0.622. The van der Waals surface area contributed by atoms with Gasteiger partial charge >= 0.3 is 0 Å². The van der Waals surface area contributed by atoms with Crippen LogP contribution in [-0.4, -0.2) is 0 Å². The number of allylic oxidation sites excluding steroid dienone is 2. The zero-order chi connectivity index (χ0) is 9.54. The van der Waals surface area contributed by atoms with Crippen molar-refractivity contribution in [3.8, 4) is 0 Å². The van der Waals surface area contributed by atoms with Crippen LogP contribution in [0.4, 0.5) is 0 Å². The molecular formula is C14H13. The lowest BCUT2D eigenvalue weighted by atomic mass is 9.98. The van der Waals surface area contributed by atoms with Crippen LogP contribution in [0.15, 0.2) is 42.5 Å². The SMILES string of the molecule is Cc1ccc2ccccc2c1C1=CC1.[H]. The molecule has 0 amide bonds. The Labute approximate surface area is 85.4 Å². The molecule has 0 bridgehead atoms. The summed E-state index contributed by atoms with van der Waals surface area (Å²) in [6, 6.07) is 13.0. The van der Waals surface area contributed by atoms with Gasteiger partial charge < -0.3 is 0 Å². The lowest BCUT2D eigenvalue weighted by Crippen LogP contribution is -1.84. The normalized spacial score (nSPS) is 14.2. The number of hydrogen-bond donors (Lipinski definition) is 0. The Morgan fingerprint density at radius 3 is 2.64 bits per heavy atom. The Balaban J connectivity index is 0.000000853. The number of benzene rings is 2. The first-order chi connectivity index (χ1) is 6.86. The smallest absolute Gasteiger partial charge is 0 e. The first-order valence-electron chi connectivity index (χ1n) is 5.04. The lowest BCUT2D eigenvalue weighted by Gasteiger charge is -2.06. The fraction of sp³-hybridized carbons (Fsp3) is 0.143. The van der Waals surface area contributed by atoms with Gasteiger partial charge in [-0.15, -0.1) is 0 Å². The van der Waals surface area contributed by atoms with E-state index < -0.39 is 0 Å². The summed E-state index contributed by atoms with van der Waals surface area (Å²) in [5.74, 6) is 0. The number of rotatable bonds is 1. The average molecular weight is 181 g/mol. The lowest BCUT2D eigenvalue weighted by molar-refractivity contribution is 1.46. The van der Waals surface area contributed by atoms with Crippen molar-refractivity contribution in [1.29, 1.82) is 0 Å². The zero-order valence-corrected chi connectivity index (χ0v) is 8.25. The van der Waals surface area contributed by atoms with Crippen LogP contribution in [0.5, 0.6) is 0 Å². The van der Waals surface area contributed by atoms with Gasteiger partial charge in [0.25, 0.3) is 0 Å². The highest BCUT2D eigenvalue weighted by Crippen LogP contribution is 2.37. The van der Waals surface area contributed by atoms with Gasteiger partial charge in [-0.05, 0) is 40.8 Å². The molecular weight excluding hydrogens is 168 g/mol. The highest BCUT2D eigenvalue weighted by Gasteiger charge is 2.15. The Bertz CT molecular complexity index is 538. The van der Waals surface area contributed by atoms with Gasteiger partial charge in [0, 0.05) is 1.43 Å². The largest absolute Gasteiger partial charge is 0.0760 e. The first-order valence-corrected chi connectivity index (χ1v) is 5.04. The molecule has 1 aliphatic carbocycles. The van der Waals surface area contributed by atoms with E-state index in [0.717, 1.165) is 0 Å². The summed E-state index contributed by atoms with van der Waals surface area (Å²) in [5.41, 5.74) is 4.37. The third-order valence-corrected chi connectivity index (χ3v) is 2.87. The van der Waals surface area contributed by atoms with E-state index in [1.165, 1.54) is 33.9 Å². The Kier molecular flexibility index (Phi) is 1.51. The number of hydrogen-bond acceptors (Lipinski definition) is 0. The molecule has 0 atom stereocenters. The van der Waals surface area contributed by atoms with Crippen LogP contribution in [0.3, 0.4) is 0 Å². The van der Waals surface area contributed by atoms with E-state index in [-0.39, 0.29) is 1.43 Å². The maximum absolute atomic E-state index is 2.30. The summed E-state index contributed by atoms with van der Waals surface area (Å²) in [4.78, 5) is 0. The molecule has 0 aromatic heterocycles. The van der Waals surface area contributed by atoms with Crippen LogP contribution in [0, 0.1) is 6.92 Å². The summed E-state index contributed by atoms with van der Waals surface area (Å²) in [6.45, 7) is 2.20. The molecule has 0 aliphatic heterocycles. The zero-order valence-electron chi connectivity index (χ0n) is 9.25. The Morgan fingerprint density at radius 2 is 1.86 bits per heavy atom. The van der Waals surface area contributed by atoms with Crippen molar-refractivity contribution in [2.45, 2.75) is 13.3 Å². The van der Waals surface area contributed by atoms with Crippen molar-refractivity contribution < 1.29 is 1.43 Å². The minimum Gasteiger partial charge on any atom is -0.0760 e. The van der Waals surface area contributed by atoms with E-state index in [2.05, 4.69) is 49.4 Å². The Morgan fingerprint density at radius 1 is 1.07 bits per heavy atom. The van der Waals surface area contributed by atoms with Crippen molar-refractivity contribution in [2.75, 3.05) is 0 Å². The van der Waals surface area contributed by atoms with Crippen LogP contribution < -0.4 is 0 Å². The standard InChI is InChI=1S/C14H12.H/c1-10-6-7-11-4-2-3-5-13(11)14(10)12-8-9-12;/h2-8H,9H2,1H3;. The number of fused-ring (bicyclic) bond motifs is 1. The third kappa shape index (κ3) is 1.07. The van der Waals surface area contributed by atoms with Crippen molar-refractivity contribution in [1.82, 2.24) is 0 Å². The summed E-state index contributed by atoms with van der Waals surface area (Å²) in [7, 11) is 0. The van der Waals surface area contributed by atoms with Crippen molar-refractivity contribution in [2.24, 2.45) is 0 Å². The second-order valence-electron chi connectivity index (χ2n) is 3.91. The van der Waals surface area contributed by atoms with Crippen molar-refractivity contribution in [3.05, 3.63) is 53.6 Å². The molecule has 0 saturated heterocycles. The topological polar surface area (TPSA) is 0 Å². The van der Waals surface area contributed by atoms with Crippen LogP contribution in [0.1, 0.15) is 19.0 Å². The maximum atomic E-state index is 2.30. The summed E-state index contributed by atoms with van der Waals surface area (Å²) < 4.78 is 0. The van der Waals surface area contributed by atoms with Gasteiger partial charge in [0.15, 0.2) is 0 Å². The summed E-state index contributed by atoms with van der Waals surface area (Å²) >= 11 is 0. The van der Waals surface area contributed by atoms with Crippen molar-refractivity contribution in [3.63, 3.8) is 0 Å². The average Bonchev–Trinajstić information content (AvgIpc) is 3.01. The molecule has 0 nitrogen and oxygen atoms in total. The molecule has 0 heteroatoms. The second kappa shape index (κ2) is 2.71. The van der Waals surface area contributed by atoms with Gasteiger partial charge in [0.1, 0.15) is 0 Å². The van der Waals surface area contributed by atoms with E-state index in [4.69, 9.17) is 0 Å². The molecule has 69 valence electrons. The molecule has 0 spiro atoms. The highest BCUT2D eigenvalue weighted by atomic mass is 14.2. The van der Waals surface area contributed by atoms with Crippen LogP contribution in [0.25, 0.3) is 16.3 Å². The molecule has 1 aliphatic rings. The predicted molar refractivity (Wildman–Crippen MR) is 62.4 cm³/mol. The molecule has 0 unspecified atom stereocenters. The number of aryl methyl sites for hydroxylation is 1. The fourth-order valence-corrected chi connectivity index (χ4v) is 2.06. The molecule has 2 aromatic carbocycles. The fourth-order valence-electron chi connectivity index (χ4n) is 2.06. The highest BCUT2D eigenvalue weighted by molar-refractivity contribution is 5.98. The summed E-state index contributed by atoms with van der Waals surface area (Å²) in [5, 5.41) is 2.75. The van der Waals surface area contributed by atoms with E-state index in [0.29, 0.717) is 0 Å². The van der Waals surface area contributed by atoms with Crippen molar-refractivity contribution >= 4 is 16.3 Å². The first kappa shape index (κ1) is 7.81. The molecule has 0 N–H and O–H groups in total. The van der Waals surface area contributed by atoms with Gasteiger partial charge in [-0.2, -0.15) is 0 Å². The Hall–Kier alpha value is -1.56.